The predicted molar refractivity (Wildman–Crippen MR) is 98.6 cm³/mol. The molecular formula is C18H22N2O6S. The highest BCUT2D eigenvalue weighted by molar-refractivity contribution is 7.17. The van der Waals surface area contributed by atoms with Crippen molar-refractivity contribution < 1.29 is 28.6 Å². The largest absolute Gasteiger partial charge is 0.494 e. The van der Waals surface area contributed by atoms with Gasteiger partial charge in [0.05, 0.1) is 12.2 Å². The maximum absolute atomic E-state index is 12.7. The molecule has 1 atom stereocenters. The first-order chi connectivity index (χ1) is 13.0. The van der Waals surface area contributed by atoms with E-state index in [1.54, 1.807) is 6.92 Å². The molecule has 2 N–H and O–H groups in total. The Kier molecular flexibility index (Phi) is 6.00. The average Bonchev–Trinajstić information content (AvgIpc) is 2.99. The first-order valence-corrected chi connectivity index (χ1v) is 9.69. The summed E-state index contributed by atoms with van der Waals surface area (Å²) in [4.78, 5) is 37.9. The van der Waals surface area contributed by atoms with E-state index in [0.29, 0.717) is 23.1 Å². The van der Waals surface area contributed by atoms with E-state index in [-0.39, 0.29) is 19.0 Å². The molecule has 1 aliphatic carbocycles. The zero-order valence-corrected chi connectivity index (χ0v) is 16.1. The number of thiophene rings is 1. The monoisotopic (exact) mass is 394 g/mol. The van der Waals surface area contributed by atoms with Gasteiger partial charge in [-0.25, -0.2) is 4.79 Å². The van der Waals surface area contributed by atoms with Crippen molar-refractivity contribution in [2.45, 2.75) is 33.1 Å². The van der Waals surface area contributed by atoms with E-state index in [1.807, 2.05) is 0 Å². The number of imide groups is 1. The third-order valence-electron chi connectivity index (χ3n) is 4.33. The van der Waals surface area contributed by atoms with Crippen LogP contribution in [-0.2, 0) is 31.8 Å². The highest BCUT2D eigenvalue weighted by Crippen LogP contribution is 2.39. The van der Waals surface area contributed by atoms with Crippen molar-refractivity contribution in [2.75, 3.05) is 25.1 Å². The van der Waals surface area contributed by atoms with Crippen molar-refractivity contribution in [1.82, 2.24) is 5.32 Å². The Morgan fingerprint density at radius 3 is 2.81 bits per heavy atom. The van der Waals surface area contributed by atoms with Crippen molar-refractivity contribution in [2.24, 2.45) is 5.92 Å². The van der Waals surface area contributed by atoms with Gasteiger partial charge in [-0.1, -0.05) is 6.92 Å². The second-order valence-electron chi connectivity index (χ2n) is 6.39. The second kappa shape index (κ2) is 8.43. The number of rotatable bonds is 4. The summed E-state index contributed by atoms with van der Waals surface area (Å²) < 4.78 is 15.2. The Morgan fingerprint density at radius 1 is 1.30 bits per heavy atom. The lowest BCUT2D eigenvalue weighted by atomic mass is 9.88. The lowest BCUT2D eigenvalue weighted by molar-refractivity contribution is -0.117. The number of fused-ring (bicyclic) bond motifs is 1. The molecule has 1 aromatic rings. The van der Waals surface area contributed by atoms with Crippen molar-refractivity contribution in [3.63, 3.8) is 0 Å². The molecule has 0 saturated carbocycles. The molecule has 27 heavy (non-hydrogen) atoms. The maximum atomic E-state index is 12.7. The van der Waals surface area contributed by atoms with Gasteiger partial charge in [0, 0.05) is 4.88 Å². The Labute approximate surface area is 160 Å². The number of anilines is 1. The summed E-state index contributed by atoms with van der Waals surface area (Å²) in [5, 5.41) is 5.35. The average molecular weight is 394 g/mol. The zero-order chi connectivity index (χ0) is 19.4. The molecule has 3 amide bonds. The third-order valence-corrected chi connectivity index (χ3v) is 5.50. The highest BCUT2D eigenvalue weighted by Gasteiger charge is 2.30. The van der Waals surface area contributed by atoms with Gasteiger partial charge in [0.2, 0.25) is 5.76 Å². The summed E-state index contributed by atoms with van der Waals surface area (Å²) in [5.74, 6) is -0.520. The van der Waals surface area contributed by atoms with Gasteiger partial charge < -0.3 is 19.5 Å². The van der Waals surface area contributed by atoms with Gasteiger partial charge in [-0.2, -0.15) is 0 Å². The van der Waals surface area contributed by atoms with E-state index in [2.05, 4.69) is 17.6 Å². The number of amides is 3. The number of carbonyl (C=O) groups excluding carboxylic acids is 3. The normalized spacial score (nSPS) is 18.3. The smallest absolute Gasteiger partial charge is 0.414 e. The SMILES string of the molecule is CCOC(=O)NC(=O)c1c(NC(=O)C2=COCCO2)sc2c1CC[C@H](C)C2. The molecule has 3 rings (SSSR count). The Morgan fingerprint density at radius 2 is 2.11 bits per heavy atom. The molecule has 0 spiro atoms. The van der Waals surface area contributed by atoms with E-state index in [4.69, 9.17) is 14.2 Å². The van der Waals surface area contributed by atoms with Crippen LogP contribution in [-0.4, -0.2) is 37.7 Å². The molecule has 0 bridgehead atoms. The molecule has 146 valence electrons. The molecule has 2 heterocycles. The van der Waals surface area contributed by atoms with E-state index in [1.165, 1.54) is 17.6 Å². The van der Waals surface area contributed by atoms with Crippen molar-refractivity contribution >= 4 is 34.2 Å². The Hall–Kier alpha value is -2.55. The first-order valence-electron chi connectivity index (χ1n) is 8.88. The van der Waals surface area contributed by atoms with Crippen LogP contribution < -0.4 is 10.6 Å². The fourth-order valence-corrected chi connectivity index (χ4v) is 4.46. The molecule has 1 aliphatic heterocycles. The van der Waals surface area contributed by atoms with E-state index in [9.17, 15) is 14.4 Å². The van der Waals surface area contributed by atoms with Gasteiger partial charge in [0.15, 0.2) is 0 Å². The summed E-state index contributed by atoms with van der Waals surface area (Å²) in [6, 6.07) is 0. The fraction of sp³-hybridized carbons (Fsp3) is 0.500. The maximum Gasteiger partial charge on any atom is 0.414 e. The van der Waals surface area contributed by atoms with E-state index < -0.39 is 17.9 Å². The van der Waals surface area contributed by atoms with Crippen LogP contribution in [0.15, 0.2) is 12.0 Å². The molecule has 1 aromatic heterocycles. The van der Waals surface area contributed by atoms with Crippen LogP contribution in [0.5, 0.6) is 0 Å². The zero-order valence-electron chi connectivity index (χ0n) is 15.3. The number of carbonyl (C=O) groups is 3. The van der Waals surface area contributed by atoms with Crippen LogP contribution in [0.3, 0.4) is 0 Å². The highest BCUT2D eigenvalue weighted by atomic mass is 32.1. The number of nitrogens with one attached hydrogen (secondary N) is 2. The third kappa shape index (κ3) is 4.41. The first kappa shape index (κ1) is 19.2. The van der Waals surface area contributed by atoms with Crippen LogP contribution >= 0.6 is 11.3 Å². The Bertz CT molecular complexity index is 785. The van der Waals surface area contributed by atoms with E-state index in [0.717, 1.165) is 29.7 Å². The molecule has 2 aliphatic rings. The topological polar surface area (TPSA) is 103 Å². The number of ether oxygens (including phenoxy) is 3. The van der Waals surface area contributed by atoms with Crippen molar-refractivity contribution in [3.8, 4) is 0 Å². The number of hydrogen-bond acceptors (Lipinski definition) is 7. The van der Waals surface area contributed by atoms with Crippen LogP contribution in [0.2, 0.25) is 0 Å². The van der Waals surface area contributed by atoms with Crippen LogP contribution in [0.25, 0.3) is 0 Å². The number of hydrogen-bond donors (Lipinski definition) is 2. The second-order valence-corrected chi connectivity index (χ2v) is 7.49. The quantitative estimate of drug-likeness (QED) is 0.814. The van der Waals surface area contributed by atoms with Crippen LogP contribution in [0, 0.1) is 5.92 Å². The van der Waals surface area contributed by atoms with Gasteiger partial charge in [0.25, 0.3) is 11.8 Å². The summed E-state index contributed by atoms with van der Waals surface area (Å²) in [6.45, 7) is 4.64. The fourth-order valence-electron chi connectivity index (χ4n) is 3.05. The molecule has 8 nitrogen and oxygen atoms in total. The van der Waals surface area contributed by atoms with Gasteiger partial charge in [-0.05, 0) is 37.7 Å². The van der Waals surface area contributed by atoms with Gasteiger partial charge in [-0.3, -0.25) is 14.9 Å². The van der Waals surface area contributed by atoms with Gasteiger partial charge in [-0.15, -0.1) is 11.3 Å². The number of alkyl carbamates (subject to hydrolysis) is 1. The lowest BCUT2D eigenvalue weighted by Gasteiger charge is -2.18. The van der Waals surface area contributed by atoms with Crippen molar-refractivity contribution in [3.05, 3.63) is 28.0 Å². The van der Waals surface area contributed by atoms with Gasteiger partial charge >= 0.3 is 6.09 Å². The van der Waals surface area contributed by atoms with Crippen molar-refractivity contribution in [1.29, 1.82) is 0 Å². The minimum absolute atomic E-state index is 0.0535. The Balaban J connectivity index is 1.87. The standard InChI is InChI=1S/C18H22N2O6S/c1-3-25-18(23)20-16(22)14-11-5-4-10(2)8-13(11)27-17(14)19-15(21)12-9-24-6-7-26-12/h9-10H,3-8H2,1-2H3,(H,19,21)(H,20,22,23)/t10-/m0/s1. The van der Waals surface area contributed by atoms with E-state index >= 15 is 0 Å². The summed E-state index contributed by atoms with van der Waals surface area (Å²) in [5.41, 5.74) is 1.20. The summed E-state index contributed by atoms with van der Waals surface area (Å²) in [6.07, 6.45) is 2.94. The summed E-state index contributed by atoms with van der Waals surface area (Å²) in [7, 11) is 0. The minimum atomic E-state index is -0.810. The molecule has 0 fully saturated rings. The molecule has 0 unspecified atom stereocenters. The molecule has 0 radical (unpaired) electrons. The minimum Gasteiger partial charge on any atom is -0.494 e. The molecule has 9 heteroatoms. The summed E-state index contributed by atoms with van der Waals surface area (Å²) >= 11 is 1.36. The van der Waals surface area contributed by atoms with Gasteiger partial charge in [0.1, 0.15) is 24.5 Å². The molecular weight excluding hydrogens is 372 g/mol. The predicted octanol–water partition coefficient (Wildman–Crippen LogP) is 2.59. The van der Waals surface area contributed by atoms with Crippen LogP contribution in [0.4, 0.5) is 9.80 Å². The van der Waals surface area contributed by atoms with Crippen LogP contribution in [0.1, 0.15) is 41.1 Å². The molecule has 0 saturated heterocycles. The molecule has 0 aromatic carbocycles. The lowest BCUT2D eigenvalue weighted by Crippen LogP contribution is -2.32.